The second-order valence-corrected chi connectivity index (χ2v) is 8.94. The van der Waals surface area contributed by atoms with Crippen molar-refractivity contribution in [2.75, 3.05) is 18.6 Å². The highest BCUT2D eigenvalue weighted by Gasteiger charge is 2.35. The molecule has 1 aliphatic heterocycles. The molecular weight excluding hydrogens is 430 g/mol. The van der Waals surface area contributed by atoms with Crippen LogP contribution in [0.15, 0.2) is 46.0 Å². The zero-order valence-electron chi connectivity index (χ0n) is 17.6. The number of anilines is 1. The van der Waals surface area contributed by atoms with E-state index in [1.807, 2.05) is 12.1 Å². The third-order valence-electron chi connectivity index (χ3n) is 5.51. The Kier molecular flexibility index (Phi) is 6.32. The number of ether oxygens (including phenoxy) is 1. The molecule has 0 fully saturated rings. The predicted octanol–water partition coefficient (Wildman–Crippen LogP) is 5.33. The van der Waals surface area contributed by atoms with Crippen LogP contribution in [0.25, 0.3) is 0 Å². The highest BCUT2D eigenvalue weighted by molar-refractivity contribution is 9.10. The van der Waals surface area contributed by atoms with Crippen molar-refractivity contribution in [2.24, 2.45) is 5.10 Å². The molecule has 2 aromatic carbocycles. The number of carbonyl (C=O) groups excluding carboxylic acids is 1. The van der Waals surface area contributed by atoms with Gasteiger partial charge in [-0.3, -0.25) is 4.79 Å². The highest BCUT2D eigenvalue weighted by atomic mass is 79.9. The first-order valence-electron chi connectivity index (χ1n) is 9.85. The molecule has 0 unspecified atom stereocenters. The lowest BCUT2D eigenvalue weighted by Crippen LogP contribution is -2.48. The Bertz CT molecular complexity index is 940. The molecule has 1 aliphatic rings. The molecule has 0 aromatic heterocycles. The van der Waals surface area contributed by atoms with Gasteiger partial charge in [0.1, 0.15) is 5.75 Å². The summed E-state index contributed by atoms with van der Waals surface area (Å²) in [5.41, 5.74) is 6.75. The van der Waals surface area contributed by atoms with Crippen molar-refractivity contribution in [1.82, 2.24) is 5.43 Å². The molecule has 0 aliphatic carbocycles. The van der Waals surface area contributed by atoms with Gasteiger partial charge in [-0.05, 0) is 74.6 Å². The van der Waals surface area contributed by atoms with Crippen LogP contribution in [0, 0.1) is 0 Å². The molecule has 1 amide bonds. The molecule has 29 heavy (non-hydrogen) atoms. The van der Waals surface area contributed by atoms with Crippen LogP contribution in [0.5, 0.6) is 5.75 Å². The first kappa shape index (κ1) is 21.4. The summed E-state index contributed by atoms with van der Waals surface area (Å²) in [7, 11) is 1.54. The number of hydrogen-bond donors (Lipinski definition) is 1. The largest absolute Gasteiger partial charge is 0.496 e. The standard InChI is InChI=1S/C23H28BrN3O2/c1-6-27-20-9-7-16(11-18(20)15(2)13-23(27,3)4)14-25-26-22(28)19-12-17(24)8-10-21(19)29-5/h7-12,14-15H,6,13H2,1-5H3,(H,26,28)/b25-14-/t15-/m0/s1. The second-order valence-electron chi connectivity index (χ2n) is 8.02. The van der Waals surface area contributed by atoms with E-state index in [4.69, 9.17) is 4.74 Å². The van der Waals surface area contributed by atoms with E-state index < -0.39 is 0 Å². The Morgan fingerprint density at radius 2 is 2.10 bits per heavy atom. The summed E-state index contributed by atoms with van der Waals surface area (Å²) in [5.74, 6) is 0.659. The molecule has 0 saturated heterocycles. The fraction of sp³-hybridized carbons (Fsp3) is 0.391. The lowest BCUT2D eigenvalue weighted by molar-refractivity contribution is 0.0952. The molecule has 0 saturated carbocycles. The van der Waals surface area contributed by atoms with E-state index in [0.717, 1.165) is 23.0 Å². The average Bonchev–Trinajstić information content (AvgIpc) is 2.67. The van der Waals surface area contributed by atoms with E-state index in [1.54, 1.807) is 25.5 Å². The number of methoxy groups -OCH3 is 1. The summed E-state index contributed by atoms with van der Waals surface area (Å²) in [6.45, 7) is 10.1. The molecule has 1 atom stereocenters. The first-order valence-corrected chi connectivity index (χ1v) is 10.6. The smallest absolute Gasteiger partial charge is 0.275 e. The number of hydrogen-bond acceptors (Lipinski definition) is 4. The minimum absolute atomic E-state index is 0.147. The molecule has 0 bridgehead atoms. The predicted molar refractivity (Wildman–Crippen MR) is 122 cm³/mol. The zero-order chi connectivity index (χ0) is 21.2. The van der Waals surface area contributed by atoms with Crippen LogP contribution in [0.3, 0.4) is 0 Å². The van der Waals surface area contributed by atoms with Crippen LogP contribution in [0.4, 0.5) is 5.69 Å². The molecule has 6 heteroatoms. The van der Waals surface area contributed by atoms with E-state index in [0.29, 0.717) is 17.2 Å². The van der Waals surface area contributed by atoms with Crippen molar-refractivity contribution in [1.29, 1.82) is 0 Å². The van der Waals surface area contributed by atoms with Gasteiger partial charge in [0.25, 0.3) is 5.91 Å². The van der Waals surface area contributed by atoms with Crippen LogP contribution in [-0.4, -0.2) is 31.3 Å². The van der Waals surface area contributed by atoms with Gasteiger partial charge in [0.2, 0.25) is 0 Å². The number of amides is 1. The van der Waals surface area contributed by atoms with Gasteiger partial charge in [0.15, 0.2) is 0 Å². The fourth-order valence-electron chi connectivity index (χ4n) is 4.27. The number of nitrogens with one attached hydrogen (secondary N) is 1. The molecule has 1 N–H and O–H groups in total. The van der Waals surface area contributed by atoms with Crippen molar-refractivity contribution in [2.45, 2.75) is 45.6 Å². The molecule has 3 rings (SSSR count). The molecule has 5 nitrogen and oxygen atoms in total. The van der Waals surface area contributed by atoms with Crippen LogP contribution in [0.2, 0.25) is 0 Å². The topological polar surface area (TPSA) is 53.9 Å². The number of nitrogens with zero attached hydrogens (tertiary/aromatic N) is 2. The summed E-state index contributed by atoms with van der Waals surface area (Å²) in [6.07, 6.45) is 2.79. The van der Waals surface area contributed by atoms with E-state index in [-0.39, 0.29) is 11.4 Å². The molecule has 0 radical (unpaired) electrons. The van der Waals surface area contributed by atoms with Gasteiger partial charge in [0.05, 0.1) is 18.9 Å². The SMILES string of the molecule is CCN1c2ccc(/C=N\NC(=O)c3cc(Br)ccc3OC)cc2[C@@H](C)CC1(C)C. The normalized spacial score (nSPS) is 17.9. The lowest BCUT2D eigenvalue weighted by atomic mass is 9.79. The monoisotopic (exact) mass is 457 g/mol. The summed E-state index contributed by atoms with van der Waals surface area (Å²) in [4.78, 5) is 14.9. The number of halogens is 1. The van der Waals surface area contributed by atoms with Crippen LogP contribution < -0.4 is 15.1 Å². The third kappa shape index (κ3) is 4.47. The summed E-state index contributed by atoms with van der Waals surface area (Å²) < 4.78 is 6.06. The van der Waals surface area contributed by atoms with Gasteiger partial charge in [0, 0.05) is 22.2 Å². The van der Waals surface area contributed by atoms with E-state index >= 15 is 0 Å². The van der Waals surface area contributed by atoms with Gasteiger partial charge in [-0.15, -0.1) is 0 Å². The Balaban J connectivity index is 1.78. The lowest BCUT2D eigenvalue weighted by Gasteiger charge is -2.47. The minimum atomic E-state index is -0.315. The van der Waals surface area contributed by atoms with Crippen molar-refractivity contribution in [3.8, 4) is 5.75 Å². The maximum Gasteiger partial charge on any atom is 0.275 e. The summed E-state index contributed by atoms with van der Waals surface area (Å²) in [5, 5.41) is 4.16. The van der Waals surface area contributed by atoms with E-state index in [2.05, 4.69) is 71.2 Å². The van der Waals surface area contributed by atoms with Gasteiger partial charge in [-0.25, -0.2) is 5.43 Å². The van der Waals surface area contributed by atoms with Crippen LogP contribution in [-0.2, 0) is 0 Å². The number of rotatable bonds is 5. The van der Waals surface area contributed by atoms with Gasteiger partial charge < -0.3 is 9.64 Å². The van der Waals surface area contributed by atoms with Crippen molar-refractivity contribution >= 4 is 33.7 Å². The summed E-state index contributed by atoms with van der Waals surface area (Å²) in [6, 6.07) is 11.7. The fourth-order valence-corrected chi connectivity index (χ4v) is 4.63. The summed E-state index contributed by atoms with van der Waals surface area (Å²) >= 11 is 3.38. The Morgan fingerprint density at radius 1 is 1.34 bits per heavy atom. The van der Waals surface area contributed by atoms with Gasteiger partial charge in [-0.2, -0.15) is 5.10 Å². The van der Waals surface area contributed by atoms with Gasteiger partial charge >= 0.3 is 0 Å². The molecule has 0 spiro atoms. The van der Waals surface area contributed by atoms with Crippen molar-refractivity contribution < 1.29 is 9.53 Å². The zero-order valence-corrected chi connectivity index (χ0v) is 19.2. The minimum Gasteiger partial charge on any atom is -0.496 e. The molecule has 154 valence electrons. The number of carbonyl (C=O) groups is 1. The average molecular weight is 458 g/mol. The molecular formula is C23H28BrN3O2. The van der Waals surface area contributed by atoms with Gasteiger partial charge in [-0.1, -0.05) is 28.9 Å². The maximum absolute atomic E-state index is 12.5. The Hall–Kier alpha value is -2.34. The van der Waals surface area contributed by atoms with E-state index in [9.17, 15) is 4.79 Å². The highest BCUT2D eigenvalue weighted by Crippen LogP contribution is 2.43. The van der Waals surface area contributed by atoms with Crippen molar-refractivity contribution in [3.63, 3.8) is 0 Å². The first-order chi connectivity index (χ1) is 13.8. The Morgan fingerprint density at radius 3 is 2.79 bits per heavy atom. The molecule has 2 aromatic rings. The Labute approximate surface area is 181 Å². The van der Waals surface area contributed by atoms with Crippen LogP contribution >= 0.6 is 15.9 Å². The van der Waals surface area contributed by atoms with E-state index in [1.165, 1.54) is 11.3 Å². The number of hydrazone groups is 1. The molecule has 1 heterocycles. The maximum atomic E-state index is 12.5. The van der Waals surface area contributed by atoms with Crippen molar-refractivity contribution in [3.05, 3.63) is 57.6 Å². The second kappa shape index (κ2) is 8.57. The number of fused-ring (bicyclic) bond motifs is 1. The number of benzene rings is 2. The van der Waals surface area contributed by atoms with Crippen LogP contribution in [0.1, 0.15) is 61.5 Å². The third-order valence-corrected chi connectivity index (χ3v) is 6.01. The quantitative estimate of drug-likeness (QED) is 0.487.